The predicted octanol–water partition coefficient (Wildman–Crippen LogP) is 0.791. The van der Waals surface area contributed by atoms with Gasteiger partial charge in [-0.1, -0.05) is 11.8 Å². The highest BCUT2D eigenvalue weighted by atomic mass is 32.2. The summed E-state index contributed by atoms with van der Waals surface area (Å²) in [6.07, 6.45) is 1.89. The van der Waals surface area contributed by atoms with E-state index in [0.717, 1.165) is 22.4 Å². The van der Waals surface area contributed by atoms with Crippen molar-refractivity contribution in [1.82, 2.24) is 14.7 Å². The van der Waals surface area contributed by atoms with Gasteiger partial charge in [0.1, 0.15) is 11.4 Å². The van der Waals surface area contributed by atoms with E-state index in [1.54, 1.807) is 16.4 Å². The third-order valence-electron chi connectivity index (χ3n) is 3.13. The summed E-state index contributed by atoms with van der Waals surface area (Å²) in [4.78, 5) is 11.2. The highest BCUT2D eigenvalue weighted by Crippen LogP contribution is 2.35. The molecule has 102 valence electrons. The molecule has 0 radical (unpaired) electrons. The summed E-state index contributed by atoms with van der Waals surface area (Å²) < 4.78 is 7.40. The molecule has 0 bridgehead atoms. The second-order valence-corrected chi connectivity index (χ2v) is 5.02. The maximum absolute atomic E-state index is 5.97. The lowest BCUT2D eigenvalue weighted by Crippen LogP contribution is -2.43. The fourth-order valence-electron chi connectivity index (χ4n) is 2.36. The largest absolute Gasteiger partial charge is 0.382 e. The van der Waals surface area contributed by atoms with Gasteiger partial charge >= 0.3 is 0 Å². The van der Waals surface area contributed by atoms with Crippen molar-refractivity contribution in [2.45, 2.75) is 13.2 Å². The van der Waals surface area contributed by atoms with Gasteiger partial charge < -0.3 is 10.5 Å². The first-order chi connectivity index (χ1) is 9.17. The van der Waals surface area contributed by atoms with E-state index < -0.39 is 0 Å². The molecule has 1 unspecified atom stereocenters. The predicted molar refractivity (Wildman–Crippen MR) is 76.9 cm³/mol. The normalized spacial score (nSPS) is 21.0. The van der Waals surface area contributed by atoms with Crippen LogP contribution < -0.4 is 5.73 Å². The molecular formula is C11H16N6OS. The van der Waals surface area contributed by atoms with Gasteiger partial charge in [-0.2, -0.15) is 5.10 Å². The van der Waals surface area contributed by atoms with Gasteiger partial charge in [-0.05, 0) is 13.2 Å². The molecule has 7 nitrogen and oxygen atoms in total. The summed E-state index contributed by atoms with van der Waals surface area (Å²) in [5, 5.41) is 5.09. The van der Waals surface area contributed by atoms with Crippen molar-refractivity contribution in [3.05, 3.63) is 5.56 Å². The Morgan fingerprint density at radius 1 is 1.53 bits per heavy atom. The van der Waals surface area contributed by atoms with Gasteiger partial charge in [0.15, 0.2) is 23.0 Å². The summed E-state index contributed by atoms with van der Waals surface area (Å²) in [6.45, 7) is 3.21. The average molecular weight is 280 g/mol. The molecule has 0 aromatic carbocycles. The quantitative estimate of drug-likeness (QED) is 0.866. The van der Waals surface area contributed by atoms with Gasteiger partial charge in [0.05, 0.1) is 6.54 Å². The maximum Gasteiger partial charge on any atom is 0.173 e. The van der Waals surface area contributed by atoms with Crippen molar-refractivity contribution in [2.24, 2.45) is 17.0 Å². The Balaban J connectivity index is 2.11. The number of nitrogens with zero attached hydrogens (tertiary/aromatic N) is 5. The lowest BCUT2D eigenvalue weighted by atomic mass is 10.2. The van der Waals surface area contributed by atoms with Crippen LogP contribution in [0.2, 0.25) is 0 Å². The molecule has 0 saturated heterocycles. The van der Waals surface area contributed by atoms with E-state index in [2.05, 4.69) is 15.1 Å². The number of amidine groups is 2. The van der Waals surface area contributed by atoms with Crippen LogP contribution in [0.15, 0.2) is 9.98 Å². The van der Waals surface area contributed by atoms with Gasteiger partial charge in [-0.3, -0.25) is 9.89 Å². The van der Waals surface area contributed by atoms with Crippen LogP contribution in [0.5, 0.6) is 0 Å². The minimum absolute atomic E-state index is 0.0982. The molecule has 2 N–H and O–H groups in total. The van der Waals surface area contributed by atoms with Crippen LogP contribution in [0.1, 0.15) is 12.5 Å². The highest BCUT2D eigenvalue weighted by Gasteiger charge is 2.39. The molecule has 2 aliphatic heterocycles. The topological polar surface area (TPSA) is 81.0 Å². The van der Waals surface area contributed by atoms with Gasteiger partial charge in [-0.15, -0.1) is 0 Å². The number of ether oxygens (including phenoxy) is 1. The van der Waals surface area contributed by atoms with Gasteiger partial charge in [0.2, 0.25) is 0 Å². The van der Waals surface area contributed by atoms with Gasteiger partial charge in [0.25, 0.3) is 0 Å². The van der Waals surface area contributed by atoms with E-state index in [9.17, 15) is 0 Å². The minimum Gasteiger partial charge on any atom is -0.382 e. The van der Waals surface area contributed by atoms with Crippen LogP contribution in [0.4, 0.5) is 11.6 Å². The van der Waals surface area contributed by atoms with E-state index in [-0.39, 0.29) is 6.23 Å². The third-order valence-corrected chi connectivity index (χ3v) is 3.78. The molecule has 8 heteroatoms. The fraction of sp³-hybridized carbons (Fsp3) is 0.545. The van der Waals surface area contributed by atoms with Crippen molar-refractivity contribution >= 4 is 34.4 Å². The van der Waals surface area contributed by atoms with Gasteiger partial charge in [-0.25, -0.2) is 9.67 Å². The van der Waals surface area contributed by atoms with Crippen LogP contribution in [-0.4, -0.2) is 51.3 Å². The zero-order valence-corrected chi connectivity index (χ0v) is 11.9. The van der Waals surface area contributed by atoms with Crippen molar-refractivity contribution < 1.29 is 4.74 Å². The number of fused-ring (bicyclic) bond motifs is 3. The average Bonchev–Trinajstić information content (AvgIpc) is 2.92. The number of aliphatic imine (C=N–C) groups is 2. The van der Waals surface area contributed by atoms with Crippen molar-refractivity contribution in [3.63, 3.8) is 0 Å². The number of thioether (sulfide) groups is 1. The van der Waals surface area contributed by atoms with E-state index in [4.69, 9.17) is 10.5 Å². The smallest absolute Gasteiger partial charge is 0.173 e. The molecule has 2 aliphatic rings. The number of aryl methyl sites for hydroxylation is 1. The first-order valence-corrected chi connectivity index (χ1v) is 7.30. The standard InChI is InChI=1S/C11H16N6OS/c1-4-18-6-5-13-9-7-8(12)15-16(2)10(7)14-11(19-3)17(6)9/h6H,4-5H2,1-3H3,(H2,12,15). The van der Waals surface area contributed by atoms with Gasteiger partial charge in [0, 0.05) is 13.7 Å². The van der Waals surface area contributed by atoms with E-state index >= 15 is 0 Å². The molecule has 0 aliphatic carbocycles. The lowest BCUT2D eigenvalue weighted by molar-refractivity contribution is 0.0244. The SMILES string of the molecule is CCOC1CN=C2c3c(N)nn(C)c3N=C(SC)N21. The monoisotopic (exact) mass is 280 g/mol. The molecule has 1 aromatic heterocycles. The van der Waals surface area contributed by atoms with Crippen LogP contribution in [-0.2, 0) is 11.8 Å². The number of hydrogen-bond acceptors (Lipinski definition) is 7. The Bertz CT molecular complexity index is 578. The molecule has 0 fully saturated rings. The van der Waals surface area contributed by atoms with Crippen LogP contribution in [0.3, 0.4) is 0 Å². The van der Waals surface area contributed by atoms with Crippen molar-refractivity contribution in [3.8, 4) is 0 Å². The van der Waals surface area contributed by atoms with Crippen molar-refractivity contribution in [2.75, 3.05) is 25.1 Å². The molecular weight excluding hydrogens is 264 g/mol. The number of hydrogen-bond donors (Lipinski definition) is 1. The molecule has 3 heterocycles. The van der Waals surface area contributed by atoms with E-state index in [0.29, 0.717) is 19.0 Å². The third kappa shape index (κ3) is 1.74. The summed E-state index contributed by atoms with van der Waals surface area (Å²) in [5.74, 6) is 2.04. The zero-order valence-electron chi connectivity index (χ0n) is 11.1. The molecule has 19 heavy (non-hydrogen) atoms. The number of rotatable bonds is 2. The Kier molecular flexibility index (Phi) is 2.98. The van der Waals surface area contributed by atoms with E-state index in [1.165, 1.54) is 0 Å². The summed E-state index contributed by atoms with van der Waals surface area (Å²) >= 11 is 1.57. The number of anilines is 1. The summed E-state index contributed by atoms with van der Waals surface area (Å²) in [7, 11) is 1.84. The Labute approximate surface area is 115 Å². The van der Waals surface area contributed by atoms with Crippen LogP contribution in [0, 0.1) is 0 Å². The molecule has 0 amide bonds. The fourth-order valence-corrected chi connectivity index (χ4v) is 2.94. The zero-order chi connectivity index (χ0) is 13.6. The highest BCUT2D eigenvalue weighted by molar-refractivity contribution is 8.13. The van der Waals surface area contributed by atoms with E-state index in [1.807, 2.05) is 25.1 Å². The van der Waals surface area contributed by atoms with Crippen molar-refractivity contribution in [1.29, 1.82) is 0 Å². The summed E-state index contributed by atoms with van der Waals surface area (Å²) in [5.41, 5.74) is 6.78. The molecule has 0 spiro atoms. The minimum atomic E-state index is -0.0982. The molecule has 0 saturated carbocycles. The Morgan fingerprint density at radius 2 is 2.32 bits per heavy atom. The first kappa shape index (κ1) is 12.5. The molecule has 3 rings (SSSR count). The number of nitrogen functional groups attached to an aromatic ring is 1. The second-order valence-electron chi connectivity index (χ2n) is 4.25. The maximum atomic E-state index is 5.97. The second kappa shape index (κ2) is 4.53. The van der Waals surface area contributed by atoms with Crippen LogP contribution in [0.25, 0.3) is 0 Å². The lowest BCUT2D eigenvalue weighted by Gasteiger charge is -2.30. The van der Waals surface area contributed by atoms with Crippen LogP contribution >= 0.6 is 11.8 Å². The summed E-state index contributed by atoms with van der Waals surface area (Å²) in [6, 6.07) is 0. The Morgan fingerprint density at radius 3 is 3.00 bits per heavy atom. The Hall–Kier alpha value is -1.54. The first-order valence-electron chi connectivity index (χ1n) is 6.08. The molecule has 1 aromatic rings. The molecule has 1 atom stereocenters. The number of nitrogens with two attached hydrogens (primary N) is 1. The number of aromatic nitrogens is 2.